The van der Waals surface area contributed by atoms with Crippen molar-refractivity contribution < 1.29 is 14.6 Å². The van der Waals surface area contributed by atoms with E-state index in [1.165, 1.54) is 7.11 Å². The zero-order valence-corrected chi connectivity index (χ0v) is 13.8. The molecule has 6 heteroatoms. The van der Waals surface area contributed by atoms with Crippen LogP contribution in [0, 0.1) is 12.8 Å². The van der Waals surface area contributed by atoms with Gasteiger partial charge in [-0.05, 0) is 37.1 Å². The minimum Gasteiger partial charge on any atom is -0.494 e. The summed E-state index contributed by atoms with van der Waals surface area (Å²) in [4.78, 5) is 22.7. The van der Waals surface area contributed by atoms with Crippen LogP contribution in [0.1, 0.15) is 21.6 Å². The van der Waals surface area contributed by atoms with Crippen molar-refractivity contribution in [2.45, 2.75) is 19.4 Å². The maximum Gasteiger partial charge on any atom is 0.257 e. The number of aliphatic hydroxyl groups is 1. The Bertz CT molecular complexity index is 721. The number of nitrogens with zero attached hydrogens (tertiary/aromatic N) is 3. The quantitative estimate of drug-likeness (QED) is 0.920. The standard InChI is InChI=1S/C18H21N3O3/c1-12-7-15(17(24-2)9-20-12)18(23)21-10-14(16(22)11-21)8-13-3-5-19-6-4-13/h3-7,9,14,16,22H,8,10-11H2,1-2H3/t14-,16-/m1/s1. The van der Waals surface area contributed by atoms with E-state index < -0.39 is 6.10 Å². The largest absolute Gasteiger partial charge is 0.494 e. The first-order valence-corrected chi connectivity index (χ1v) is 7.95. The normalized spacial score (nSPS) is 20.2. The lowest BCUT2D eigenvalue weighted by atomic mass is 9.97. The maximum absolute atomic E-state index is 12.8. The average molecular weight is 327 g/mol. The number of ether oxygens (including phenoxy) is 1. The molecular formula is C18H21N3O3. The van der Waals surface area contributed by atoms with E-state index >= 15 is 0 Å². The molecule has 0 saturated carbocycles. The average Bonchev–Trinajstić information content (AvgIpc) is 2.96. The lowest BCUT2D eigenvalue weighted by Crippen LogP contribution is -2.30. The second-order valence-electron chi connectivity index (χ2n) is 6.12. The number of pyridine rings is 2. The zero-order chi connectivity index (χ0) is 17.1. The van der Waals surface area contributed by atoms with Crippen LogP contribution in [-0.4, -0.2) is 52.2 Å². The van der Waals surface area contributed by atoms with Crippen LogP contribution in [0.15, 0.2) is 36.8 Å². The molecule has 0 aliphatic carbocycles. The van der Waals surface area contributed by atoms with E-state index in [0.29, 0.717) is 24.4 Å². The number of amides is 1. The number of rotatable bonds is 4. The molecule has 3 heterocycles. The Morgan fingerprint density at radius 3 is 2.83 bits per heavy atom. The highest BCUT2D eigenvalue weighted by Crippen LogP contribution is 2.26. The molecule has 0 bridgehead atoms. The van der Waals surface area contributed by atoms with Crippen LogP contribution in [0.4, 0.5) is 0 Å². The Morgan fingerprint density at radius 2 is 2.12 bits per heavy atom. The lowest BCUT2D eigenvalue weighted by molar-refractivity contribution is 0.0761. The Morgan fingerprint density at radius 1 is 1.38 bits per heavy atom. The van der Waals surface area contributed by atoms with Crippen molar-refractivity contribution in [3.63, 3.8) is 0 Å². The number of hydrogen-bond donors (Lipinski definition) is 1. The molecule has 1 N–H and O–H groups in total. The molecule has 1 amide bonds. The van der Waals surface area contributed by atoms with Crippen LogP contribution >= 0.6 is 0 Å². The van der Waals surface area contributed by atoms with Gasteiger partial charge < -0.3 is 14.7 Å². The first kappa shape index (κ1) is 16.4. The van der Waals surface area contributed by atoms with E-state index in [1.807, 2.05) is 19.1 Å². The van der Waals surface area contributed by atoms with E-state index in [9.17, 15) is 9.90 Å². The van der Waals surface area contributed by atoms with Crippen molar-refractivity contribution in [2.24, 2.45) is 5.92 Å². The first-order chi connectivity index (χ1) is 11.6. The number of methoxy groups -OCH3 is 1. The summed E-state index contributed by atoms with van der Waals surface area (Å²) in [6, 6.07) is 5.60. The highest BCUT2D eigenvalue weighted by atomic mass is 16.5. The third-order valence-electron chi connectivity index (χ3n) is 4.40. The Kier molecular flexibility index (Phi) is 4.76. The van der Waals surface area contributed by atoms with Crippen LogP contribution < -0.4 is 4.74 Å². The van der Waals surface area contributed by atoms with E-state index in [0.717, 1.165) is 17.7 Å². The fourth-order valence-electron chi connectivity index (χ4n) is 3.09. The van der Waals surface area contributed by atoms with Crippen molar-refractivity contribution >= 4 is 5.91 Å². The van der Waals surface area contributed by atoms with E-state index in [-0.39, 0.29) is 11.8 Å². The summed E-state index contributed by atoms with van der Waals surface area (Å²) in [6.07, 6.45) is 5.23. The van der Waals surface area contributed by atoms with Gasteiger partial charge in [-0.3, -0.25) is 14.8 Å². The first-order valence-electron chi connectivity index (χ1n) is 7.95. The molecular weight excluding hydrogens is 306 g/mol. The van der Waals surface area contributed by atoms with E-state index in [4.69, 9.17) is 4.74 Å². The summed E-state index contributed by atoms with van der Waals surface area (Å²) < 4.78 is 5.25. The smallest absolute Gasteiger partial charge is 0.257 e. The van der Waals surface area contributed by atoms with Crippen LogP contribution in [0.25, 0.3) is 0 Å². The second kappa shape index (κ2) is 6.97. The van der Waals surface area contributed by atoms with E-state index in [2.05, 4.69) is 9.97 Å². The molecule has 2 aromatic rings. The van der Waals surface area contributed by atoms with Crippen molar-refractivity contribution in [1.82, 2.24) is 14.9 Å². The van der Waals surface area contributed by atoms with Crippen molar-refractivity contribution in [3.8, 4) is 5.75 Å². The van der Waals surface area contributed by atoms with Crippen molar-refractivity contribution in [2.75, 3.05) is 20.2 Å². The summed E-state index contributed by atoms with van der Waals surface area (Å²) in [5.41, 5.74) is 2.36. The van der Waals surface area contributed by atoms with Gasteiger partial charge in [0.2, 0.25) is 0 Å². The number of aromatic nitrogens is 2. The van der Waals surface area contributed by atoms with Gasteiger partial charge in [0.1, 0.15) is 5.75 Å². The molecule has 0 aromatic carbocycles. The molecule has 1 saturated heterocycles. The Labute approximate surface area is 141 Å². The van der Waals surface area contributed by atoms with Gasteiger partial charge in [0.05, 0.1) is 25.0 Å². The molecule has 1 aliphatic rings. The summed E-state index contributed by atoms with van der Waals surface area (Å²) in [7, 11) is 1.52. The van der Waals surface area contributed by atoms with Gasteiger partial charge in [0.25, 0.3) is 5.91 Å². The molecule has 6 nitrogen and oxygen atoms in total. The lowest BCUT2D eigenvalue weighted by Gasteiger charge is -2.18. The van der Waals surface area contributed by atoms with Gasteiger partial charge in [-0.1, -0.05) is 0 Å². The Balaban J connectivity index is 1.74. The molecule has 2 aromatic heterocycles. The summed E-state index contributed by atoms with van der Waals surface area (Å²) in [6.45, 7) is 2.69. The number of carbonyl (C=O) groups excluding carboxylic acids is 1. The third-order valence-corrected chi connectivity index (χ3v) is 4.40. The number of β-amino-alcohol motifs (C(OH)–C–C–N with tert-alkyl or cyclic N) is 1. The molecule has 0 unspecified atom stereocenters. The predicted octanol–water partition coefficient (Wildman–Crippen LogP) is 1.47. The molecule has 2 atom stereocenters. The minimum atomic E-state index is -0.531. The molecule has 1 aliphatic heterocycles. The monoisotopic (exact) mass is 327 g/mol. The third kappa shape index (κ3) is 3.38. The fraction of sp³-hybridized carbons (Fsp3) is 0.389. The number of carbonyl (C=O) groups is 1. The highest BCUT2D eigenvalue weighted by Gasteiger charge is 2.35. The predicted molar refractivity (Wildman–Crippen MR) is 88.9 cm³/mol. The number of likely N-dealkylation sites (tertiary alicyclic amines) is 1. The van der Waals surface area contributed by atoms with Crippen LogP contribution in [-0.2, 0) is 6.42 Å². The van der Waals surface area contributed by atoms with Gasteiger partial charge in [-0.2, -0.15) is 0 Å². The van der Waals surface area contributed by atoms with Crippen molar-refractivity contribution in [1.29, 1.82) is 0 Å². The molecule has 0 spiro atoms. The van der Waals surface area contributed by atoms with E-state index in [1.54, 1.807) is 29.6 Å². The SMILES string of the molecule is COc1cnc(C)cc1C(=O)N1C[C@@H](Cc2ccncc2)[C@H](O)C1. The molecule has 0 radical (unpaired) electrons. The van der Waals surface area contributed by atoms with Gasteiger partial charge in [-0.15, -0.1) is 0 Å². The Hall–Kier alpha value is -2.47. The summed E-state index contributed by atoms with van der Waals surface area (Å²) in [5.74, 6) is 0.344. The number of aliphatic hydroxyl groups excluding tert-OH is 1. The second-order valence-corrected chi connectivity index (χ2v) is 6.12. The number of aryl methyl sites for hydroxylation is 1. The van der Waals surface area contributed by atoms with Gasteiger partial charge in [0.15, 0.2) is 0 Å². The highest BCUT2D eigenvalue weighted by molar-refractivity contribution is 5.97. The van der Waals surface area contributed by atoms with Gasteiger partial charge in [0, 0.05) is 37.1 Å². The molecule has 24 heavy (non-hydrogen) atoms. The summed E-state index contributed by atoms with van der Waals surface area (Å²) >= 11 is 0. The van der Waals surface area contributed by atoms with Crippen LogP contribution in [0.3, 0.4) is 0 Å². The van der Waals surface area contributed by atoms with Crippen LogP contribution in [0.5, 0.6) is 5.75 Å². The molecule has 126 valence electrons. The molecule has 1 fully saturated rings. The van der Waals surface area contributed by atoms with Crippen LogP contribution in [0.2, 0.25) is 0 Å². The minimum absolute atomic E-state index is 0.0188. The van der Waals surface area contributed by atoms with Gasteiger partial charge >= 0.3 is 0 Å². The van der Waals surface area contributed by atoms with Gasteiger partial charge in [-0.25, -0.2) is 0 Å². The molecule has 3 rings (SSSR count). The number of hydrogen-bond acceptors (Lipinski definition) is 5. The fourth-order valence-corrected chi connectivity index (χ4v) is 3.09. The van der Waals surface area contributed by atoms with Crippen molar-refractivity contribution in [3.05, 3.63) is 53.6 Å². The topological polar surface area (TPSA) is 75.5 Å². The zero-order valence-electron chi connectivity index (χ0n) is 13.8. The summed E-state index contributed by atoms with van der Waals surface area (Å²) in [5, 5.41) is 10.3. The maximum atomic E-state index is 12.8.